The van der Waals surface area contributed by atoms with Crippen molar-refractivity contribution in [3.8, 4) is 11.5 Å². The molecule has 33 heavy (non-hydrogen) atoms. The lowest BCUT2D eigenvalue weighted by molar-refractivity contribution is -0.113. The van der Waals surface area contributed by atoms with Gasteiger partial charge in [0, 0.05) is 11.4 Å². The third-order valence-electron chi connectivity index (χ3n) is 5.30. The van der Waals surface area contributed by atoms with Gasteiger partial charge in [0.15, 0.2) is 0 Å². The van der Waals surface area contributed by atoms with Crippen molar-refractivity contribution in [1.82, 2.24) is 10.6 Å². The van der Waals surface area contributed by atoms with Gasteiger partial charge in [0.25, 0.3) is 5.91 Å². The monoisotopic (exact) mass is 443 g/mol. The van der Waals surface area contributed by atoms with Crippen LogP contribution in [0.15, 0.2) is 90.1 Å². The van der Waals surface area contributed by atoms with Gasteiger partial charge in [-0.15, -0.1) is 0 Å². The number of benzene rings is 3. The molecule has 0 saturated heterocycles. The smallest absolute Gasteiger partial charge is 0.319 e. The van der Waals surface area contributed by atoms with Gasteiger partial charge in [0.1, 0.15) is 18.1 Å². The average Bonchev–Trinajstić information content (AvgIpc) is 2.83. The van der Waals surface area contributed by atoms with Gasteiger partial charge in [0.05, 0.1) is 18.7 Å². The number of urea groups is 1. The maximum Gasteiger partial charge on any atom is 0.319 e. The van der Waals surface area contributed by atoms with E-state index in [0.29, 0.717) is 35.1 Å². The highest BCUT2D eigenvalue weighted by Crippen LogP contribution is 2.30. The predicted octanol–water partition coefficient (Wildman–Crippen LogP) is 4.54. The van der Waals surface area contributed by atoms with Gasteiger partial charge in [-0.25, -0.2) is 4.79 Å². The minimum atomic E-state index is -0.628. The largest absolute Gasteiger partial charge is 0.497 e. The molecule has 0 saturated carbocycles. The molecule has 1 heterocycles. The van der Waals surface area contributed by atoms with Crippen LogP contribution in [-0.4, -0.2) is 19.0 Å². The molecule has 0 spiro atoms. The molecular formula is C26H25N3O4. The van der Waals surface area contributed by atoms with E-state index in [1.54, 1.807) is 38.3 Å². The summed E-state index contributed by atoms with van der Waals surface area (Å²) in [6.07, 6.45) is 0. The van der Waals surface area contributed by atoms with Gasteiger partial charge in [0.2, 0.25) is 0 Å². The van der Waals surface area contributed by atoms with Gasteiger partial charge in [-0.3, -0.25) is 4.79 Å². The molecular weight excluding hydrogens is 418 g/mol. The van der Waals surface area contributed by atoms with Crippen molar-refractivity contribution in [3.05, 3.63) is 101 Å². The SMILES string of the molecule is COc1ccc(NC(=O)C2=C(C)NC(=O)N[C@@H]2c2cccc(OCc3ccccc3)c2)cc1. The Bertz CT molecular complexity index is 1170. The third kappa shape index (κ3) is 5.33. The molecule has 3 N–H and O–H groups in total. The maximum absolute atomic E-state index is 13.2. The van der Waals surface area contributed by atoms with E-state index in [1.165, 1.54) is 0 Å². The second-order valence-electron chi connectivity index (χ2n) is 7.60. The number of carbonyl (C=O) groups excluding carboxylic acids is 2. The Morgan fingerprint density at radius 2 is 1.73 bits per heavy atom. The number of hydrogen-bond donors (Lipinski definition) is 3. The molecule has 7 nitrogen and oxygen atoms in total. The fraction of sp³-hybridized carbons (Fsp3) is 0.154. The topological polar surface area (TPSA) is 88.7 Å². The van der Waals surface area contributed by atoms with Gasteiger partial charge in [-0.1, -0.05) is 42.5 Å². The first-order valence-corrected chi connectivity index (χ1v) is 10.5. The molecule has 3 aromatic carbocycles. The van der Waals surface area contributed by atoms with E-state index in [0.717, 1.165) is 11.1 Å². The van der Waals surface area contributed by atoms with Crippen LogP contribution >= 0.6 is 0 Å². The summed E-state index contributed by atoms with van der Waals surface area (Å²) in [7, 11) is 1.58. The molecule has 0 fully saturated rings. The van der Waals surface area contributed by atoms with Gasteiger partial charge in [-0.2, -0.15) is 0 Å². The number of anilines is 1. The van der Waals surface area contributed by atoms with Crippen molar-refractivity contribution in [2.24, 2.45) is 0 Å². The number of ether oxygens (including phenoxy) is 2. The Labute approximate surface area is 192 Å². The second kappa shape index (κ2) is 9.91. The number of allylic oxidation sites excluding steroid dienone is 1. The van der Waals surface area contributed by atoms with Crippen LogP contribution < -0.4 is 25.4 Å². The fourth-order valence-corrected chi connectivity index (χ4v) is 3.64. The summed E-state index contributed by atoms with van der Waals surface area (Å²) >= 11 is 0. The second-order valence-corrected chi connectivity index (χ2v) is 7.60. The summed E-state index contributed by atoms with van der Waals surface area (Å²) in [6, 6.07) is 23.3. The average molecular weight is 444 g/mol. The molecule has 1 aliphatic heterocycles. The Morgan fingerprint density at radius 1 is 0.970 bits per heavy atom. The molecule has 4 rings (SSSR count). The normalized spacial score (nSPS) is 15.3. The van der Waals surface area contributed by atoms with E-state index in [4.69, 9.17) is 9.47 Å². The number of amides is 3. The lowest BCUT2D eigenvalue weighted by atomic mass is 9.94. The molecule has 3 aromatic rings. The Kier molecular flexibility index (Phi) is 6.59. The molecule has 0 radical (unpaired) electrons. The zero-order valence-electron chi connectivity index (χ0n) is 18.4. The number of methoxy groups -OCH3 is 1. The summed E-state index contributed by atoms with van der Waals surface area (Å²) in [5.74, 6) is 1.03. The van der Waals surface area contributed by atoms with Crippen molar-refractivity contribution in [2.75, 3.05) is 12.4 Å². The summed E-state index contributed by atoms with van der Waals surface area (Å²) in [6.45, 7) is 2.13. The molecule has 1 aliphatic rings. The van der Waals surface area contributed by atoms with E-state index >= 15 is 0 Å². The third-order valence-corrected chi connectivity index (χ3v) is 5.30. The number of hydrogen-bond acceptors (Lipinski definition) is 4. The maximum atomic E-state index is 13.2. The van der Waals surface area contributed by atoms with Crippen LogP contribution in [-0.2, 0) is 11.4 Å². The predicted molar refractivity (Wildman–Crippen MR) is 126 cm³/mol. The van der Waals surface area contributed by atoms with Gasteiger partial charge < -0.3 is 25.4 Å². The molecule has 0 aliphatic carbocycles. The number of rotatable bonds is 7. The first-order valence-electron chi connectivity index (χ1n) is 10.5. The number of nitrogens with one attached hydrogen (secondary N) is 3. The van der Waals surface area contributed by atoms with E-state index in [-0.39, 0.29) is 11.9 Å². The highest BCUT2D eigenvalue weighted by molar-refractivity contribution is 6.06. The Balaban J connectivity index is 1.56. The van der Waals surface area contributed by atoms with Crippen molar-refractivity contribution < 1.29 is 19.1 Å². The zero-order chi connectivity index (χ0) is 23.2. The highest BCUT2D eigenvalue weighted by atomic mass is 16.5. The van der Waals surface area contributed by atoms with Gasteiger partial charge in [-0.05, 0) is 54.4 Å². The number of carbonyl (C=O) groups is 2. The van der Waals surface area contributed by atoms with Crippen LogP contribution in [0.2, 0.25) is 0 Å². The van der Waals surface area contributed by atoms with Crippen molar-refractivity contribution >= 4 is 17.6 Å². The molecule has 3 amide bonds. The Hall–Kier alpha value is -4.26. The molecule has 7 heteroatoms. The summed E-state index contributed by atoms with van der Waals surface area (Å²) in [4.78, 5) is 25.4. The molecule has 0 aromatic heterocycles. The standard InChI is InChI=1S/C26H25N3O4/c1-17-23(25(30)28-20-11-13-21(32-2)14-12-20)24(29-26(31)27-17)19-9-6-10-22(15-19)33-16-18-7-4-3-5-8-18/h3-15,24H,16H2,1-2H3,(H,28,30)(H2,27,29,31)/t24-/m1/s1. The van der Waals surface area contributed by atoms with Crippen molar-refractivity contribution in [1.29, 1.82) is 0 Å². The van der Waals surface area contributed by atoms with Crippen LogP contribution in [0.5, 0.6) is 11.5 Å². The highest BCUT2D eigenvalue weighted by Gasteiger charge is 2.31. The summed E-state index contributed by atoms with van der Waals surface area (Å²) in [5, 5.41) is 8.44. The fourth-order valence-electron chi connectivity index (χ4n) is 3.64. The van der Waals surface area contributed by atoms with Crippen LogP contribution in [0, 0.1) is 0 Å². The van der Waals surface area contributed by atoms with E-state index < -0.39 is 6.04 Å². The van der Waals surface area contributed by atoms with Crippen LogP contribution in [0.3, 0.4) is 0 Å². The molecule has 0 unspecified atom stereocenters. The van der Waals surface area contributed by atoms with Crippen LogP contribution in [0.25, 0.3) is 0 Å². The summed E-state index contributed by atoms with van der Waals surface area (Å²) < 4.78 is 11.1. The molecule has 168 valence electrons. The first-order chi connectivity index (χ1) is 16.0. The molecule has 1 atom stereocenters. The summed E-state index contributed by atoms with van der Waals surface area (Å²) in [5.41, 5.74) is 3.33. The van der Waals surface area contributed by atoms with Gasteiger partial charge >= 0.3 is 6.03 Å². The molecule has 0 bridgehead atoms. The van der Waals surface area contributed by atoms with Crippen molar-refractivity contribution in [2.45, 2.75) is 19.6 Å². The Morgan fingerprint density at radius 3 is 2.45 bits per heavy atom. The van der Waals surface area contributed by atoms with Crippen LogP contribution in [0.4, 0.5) is 10.5 Å². The quantitative estimate of drug-likeness (QED) is 0.500. The van der Waals surface area contributed by atoms with E-state index in [1.807, 2.05) is 54.6 Å². The lowest BCUT2D eigenvalue weighted by Gasteiger charge is -2.29. The lowest BCUT2D eigenvalue weighted by Crippen LogP contribution is -2.45. The van der Waals surface area contributed by atoms with Crippen molar-refractivity contribution in [3.63, 3.8) is 0 Å². The zero-order valence-corrected chi connectivity index (χ0v) is 18.4. The first kappa shape index (κ1) is 22.0. The minimum absolute atomic E-state index is 0.314. The van der Waals surface area contributed by atoms with E-state index in [9.17, 15) is 9.59 Å². The van der Waals surface area contributed by atoms with Crippen LogP contribution in [0.1, 0.15) is 24.1 Å². The van der Waals surface area contributed by atoms with E-state index in [2.05, 4.69) is 16.0 Å². The minimum Gasteiger partial charge on any atom is -0.497 e.